The summed E-state index contributed by atoms with van der Waals surface area (Å²) < 4.78 is 27.2. The number of aliphatic hydroxyl groups excluding tert-OH is 1. The van der Waals surface area contributed by atoms with Gasteiger partial charge in [0.15, 0.2) is 0 Å². The molecule has 20 heavy (non-hydrogen) atoms. The van der Waals surface area contributed by atoms with Gasteiger partial charge in [0.1, 0.15) is 4.21 Å². The van der Waals surface area contributed by atoms with Crippen LogP contribution in [0.2, 0.25) is 5.02 Å². The average Bonchev–Trinajstić information content (AvgIpc) is 2.75. The summed E-state index contributed by atoms with van der Waals surface area (Å²) >= 11 is 7.07. The highest BCUT2D eigenvalue weighted by molar-refractivity contribution is 7.94. The van der Waals surface area contributed by atoms with Crippen LogP contribution in [0.1, 0.15) is 16.0 Å². The summed E-state index contributed by atoms with van der Waals surface area (Å²) in [5, 5.41) is 9.49. The molecule has 0 saturated heterocycles. The van der Waals surface area contributed by atoms with Gasteiger partial charge in [0.2, 0.25) is 0 Å². The van der Waals surface area contributed by atoms with Gasteiger partial charge in [0.05, 0.1) is 17.3 Å². The largest absolute Gasteiger partial charge is 0.391 e. The first-order valence-corrected chi connectivity index (χ1v) is 8.50. The predicted octanol–water partition coefficient (Wildman–Crippen LogP) is 3.31. The van der Waals surface area contributed by atoms with Crippen molar-refractivity contribution in [2.45, 2.75) is 24.7 Å². The molecule has 0 atom stereocenters. The summed E-state index contributed by atoms with van der Waals surface area (Å²) in [5.41, 5.74) is 2.05. The fourth-order valence-corrected chi connectivity index (χ4v) is 4.54. The van der Waals surface area contributed by atoms with Crippen molar-refractivity contribution in [1.29, 1.82) is 0 Å². The van der Waals surface area contributed by atoms with E-state index in [9.17, 15) is 8.42 Å². The molecule has 0 aliphatic heterocycles. The quantitative estimate of drug-likeness (QED) is 0.903. The Bertz CT molecular complexity index is 738. The molecule has 0 bridgehead atoms. The maximum Gasteiger partial charge on any atom is 0.271 e. The van der Waals surface area contributed by atoms with Crippen LogP contribution in [0.5, 0.6) is 0 Å². The standard InChI is InChI=1S/C13H14ClNO3S2/c1-8-3-4-11(10(14)5-8)15-20(17,18)13-6-9(2)12(7-16)19-13/h3-6,15-16H,7H2,1-2H3. The van der Waals surface area contributed by atoms with Crippen LogP contribution < -0.4 is 4.72 Å². The number of nitrogens with one attached hydrogen (secondary N) is 1. The highest BCUT2D eigenvalue weighted by Crippen LogP contribution is 2.30. The Morgan fingerprint density at radius 1 is 1.30 bits per heavy atom. The number of aliphatic hydroxyl groups is 1. The topological polar surface area (TPSA) is 66.4 Å². The van der Waals surface area contributed by atoms with Crippen LogP contribution in [0.4, 0.5) is 5.69 Å². The van der Waals surface area contributed by atoms with E-state index in [0.717, 1.165) is 22.5 Å². The Kier molecular flexibility index (Phi) is 4.39. The normalized spacial score (nSPS) is 11.6. The second-order valence-corrected chi connectivity index (χ2v) is 7.87. The van der Waals surface area contributed by atoms with Crippen LogP contribution in [0.15, 0.2) is 28.5 Å². The Balaban J connectivity index is 2.35. The molecule has 7 heteroatoms. The minimum Gasteiger partial charge on any atom is -0.391 e. The lowest BCUT2D eigenvalue weighted by molar-refractivity contribution is 0.285. The van der Waals surface area contributed by atoms with Crippen LogP contribution in [0.25, 0.3) is 0 Å². The maximum absolute atomic E-state index is 12.3. The minimum atomic E-state index is -3.69. The Hall–Kier alpha value is -1.08. The molecule has 2 rings (SSSR count). The molecule has 2 N–H and O–H groups in total. The number of anilines is 1. The summed E-state index contributed by atoms with van der Waals surface area (Å²) in [6, 6.07) is 6.64. The molecule has 0 fully saturated rings. The fraction of sp³-hybridized carbons (Fsp3) is 0.231. The second-order valence-electron chi connectivity index (χ2n) is 4.42. The SMILES string of the molecule is Cc1ccc(NS(=O)(=O)c2cc(C)c(CO)s2)c(Cl)c1. The highest BCUT2D eigenvalue weighted by Gasteiger charge is 2.19. The molecule has 1 aromatic carbocycles. The third-order valence-electron chi connectivity index (χ3n) is 2.78. The molecule has 0 amide bonds. The van der Waals surface area contributed by atoms with E-state index in [4.69, 9.17) is 16.7 Å². The van der Waals surface area contributed by atoms with Crippen molar-refractivity contribution in [1.82, 2.24) is 0 Å². The predicted molar refractivity (Wildman–Crippen MR) is 82.0 cm³/mol. The Morgan fingerprint density at radius 2 is 2.00 bits per heavy atom. The molecular formula is C13H14ClNO3S2. The molecule has 0 unspecified atom stereocenters. The Labute approximate surface area is 127 Å². The molecule has 0 aliphatic carbocycles. The summed E-state index contributed by atoms with van der Waals surface area (Å²) in [4.78, 5) is 0.639. The van der Waals surface area contributed by atoms with E-state index in [0.29, 0.717) is 15.6 Å². The van der Waals surface area contributed by atoms with Crippen molar-refractivity contribution >= 4 is 38.6 Å². The van der Waals surface area contributed by atoms with Crippen LogP contribution in [-0.2, 0) is 16.6 Å². The van der Waals surface area contributed by atoms with Gasteiger partial charge < -0.3 is 5.11 Å². The first kappa shape index (κ1) is 15.3. The molecule has 0 spiro atoms. The number of aryl methyl sites for hydroxylation is 2. The smallest absolute Gasteiger partial charge is 0.271 e. The van der Waals surface area contributed by atoms with Crippen molar-refractivity contribution < 1.29 is 13.5 Å². The molecule has 0 saturated carbocycles. The number of halogens is 1. The van der Waals surface area contributed by atoms with E-state index < -0.39 is 10.0 Å². The van der Waals surface area contributed by atoms with Crippen molar-refractivity contribution in [2.24, 2.45) is 0 Å². The third-order valence-corrected chi connectivity index (χ3v) is 6.15. The van der Waals surface area contributed by atoms with E-state index in [1.54, 1.807) is 31.2 Å². The second kappa shape index (κ2) is 5.73. The molecule has 1 aromatic heterocycles. The average molecular weight is 332 g/mol. The zero-order valence-electron chi connectivity index (χ0n) is 11.0. The van der Waals surface area contributed by atoms with Gasteiger partial charge in [-0.1, -0.05) is 17.7 Å². The molecule has 0 aliphatic rings. The van der Waals surface area contributed by atoms with E-state index >= 15 is 0 Å². The highest BCUT2D eigenvalue weighted by atomic mass is 35.5. The summed E-state index contributed by atoms with van der Waals surface area (Å²) in [6.45, 7) is 3.47. The van der Waals surface area contributed by atoms with Crippen molar-refractivity contribution in [3.05, 3.63) is 45.3 Å². The van der Waals surface area contributed by atoms with Gasteiger partial charge >= 0.3 is 0 Å². The van der Waals surface area contributed by atoms with Gasteiger partial charge in [0.25, 0.3) is 10.0 Å². The van der Waals surface area contributed by atoms with Crippen molar-refractivity contribution in [2.75, 3.05) is 4.72 Å². The molecule has 2 aromatic rings. The minimum absolute atomic E-state index is 0.163. The van der Waals surface area contributed by atoms with Crippen LogP contribution in [0.3, 0.4) is 0 Å². The molecule has 4 nitrogen and oxygen atoms in total. The van der Waals surface area contributed by atoms with Gasteiger partial charge in [-0.05, 0) is 43.2 Å². The number of sulfonamides is 1. The van der Waals surface area contributed by atoms with Gasteiger partial charge in [-0.15, -0.1) is 11.3 Å². The molecule has 1 heterocycles. The van der Waals surface area contributed by atoms with E-state index in [1.165, 1.54) is 0 Å². The fourth-order valence-electron chi connectivity index (χ4n) is 1.68. The van der Waals surface area contributed by atoms with Crippen LogP contribution in [0, 0.1) is 13.8 Å². The number of benzene rings is 1. The van der Waals surface area contributed by atoms with Crippen LogP contribution >= 0.6 is 22.9 Å². The van der Waals surface area contributed by atoms with E-state index in [1.807, 2.05) is 6.92 Å². The third kappa shape index (κ3) is 3.15. The van der Waals surface area contributed by atoms with Gasteiger partial charge in [-0.2, -0.15) is 0 Å². The summed E-state index contributed by atoms with van der Waals surface area (Å²) in [6.07, 6.45) is 0. The number of hydrogen-bond acceptors (Lipinski definition) is 4. The lowest BCUT2D eigenvalue weighted by Crippen LogP contribution is -2.11. The Morgan fingerprint density at radius 3 is 2.55 bits per heavy atom. The lowest BCUT2D eigenvalue weighted by Gasteiger charge is -2.08. The molecule has 0 radical (unpaired) electrons. The van der Waals surface area contributed by atoms with Gasteiger partial charge in [0, 0.05) is 4.88 Å². The zero-order valence-corrected chi connectivity index (χ0v) is 13.4. The maximum atomic E-state index is 12.3. The van der Waals surface area contributed by atoms with E-state index in [-0.39, 0.29) is 10.8 Å². The number of thiophene rings is 1. The number of rotatable bonds is 4. The van der Waals surface area contributed by atoms with Crippen molar-refractivity contribution in [3.8, 4) is 0 Å². The first-order valence-electron chi connectivity index (χ1n) is 5.82. The molecule has 108 valence electrons. The zero-order chi connectivity index (χ0) is 14.9. The summed E-state index contributed by atoms with van der Waals surface area (Å²) in [5.74, 6) is 0. The van der Waals surface area contributed by atoms with Gasteiger partial charge in [-0.25, -0.2) is 8.42 Å². The summed E-state index contributed by atoms with van der Waals surface area (Å²) in [7, 11) is -3.69. The van der Waals surface area contributed by atoms with Crippen LogP contribution in [-0.4, -0.2) is 13.5 Å². The lowest BCUT2D eigenvalue weighted by atomic mass is 10.2. The van der Waals surface area contributed by atoms with Crippen molar-refractivity contribution in [3.63, 3.8) is 0 Å². The first-order chi connectivity index (χ1) is 9.33. The number of hydrogen-bond donors (Lipinski definition) is 2. The monoisotopic (exact) mass is 331 g/mol. The van der Waals surface area contributed by atoms with E-state index in [2.05, 4.69) is 4.72 Å². The molecular weight excluding hydrogens is 318 g/mol. The van der Waals surface area contributed by atoms with Gasteiger partial charge in [-0.3, -0.25) is 4.72 Å².